The lowest BCUT2D eigenvalue weighted by molar-refractivity contribution is -0.148. The van der Waals surface area contributed by atoms with Crippen LogP contribution >= 0.6 is 0 Å². The largest absolute Gasteiger partial charge is 0.305 e. The van der Waals surface area contributed by atoms with E-state index in [1.165, 1.54) is 4.90 Å². The van der Waals surface area contributed by atoms with Crippen molar-refractivity contribution >= 4 is 11.8 Å². The van der Waals surface area contributed by atoms with Crippen molar-refractivity contribution in [3.05, 3.63) is 18.0 Å². The molecule has 1 aromatic rings. The van der Waals surface area contributed by atoms with Crippen LogP contribution in [-0.2, 0) is 23.1 Å². The Balaban J connectivity index is 1.82. The Bertz CT molecular complexity index is 455. The molecule has 1 aliphatic heterocycles. The molecule has 0 radical (unpaired) electrons. The summed E-state index contributed by atoms with van der Waals surface area (Å²) in [7, 11) is 3.44. The normalized spacial score (nSPS) is 20.6. The molecule has 2 heterocycles. The third-order valence-electron chi connectivity index (χ3n) is 3.34. The number of likely N-dealkylation sites (tertiary alicyclic amines) is 1. The summed E-state index contributed by atoms with van der Waals surface area (Å²) in [5, 5.41) is 7.29. The van der Waals surface area contributed by atoms with Crippen LogP contribution in [0.25, 0.3) is 0 Å². The summed E-state index contributed by atoms with van der Waals surface area (Å²) < 4.78 is 1.82. The third-order valence-corrected chi connectivity index (χ3v) is 3.34. The predicted molar refractivity (Wildman–Crippen MR) is 65.7 cm³/mol. The smallest absolute Gasteiger partial charge is 0.246 e. The van der Waals surface area contributed by atoms with Gasteiger partial charge in [0.15, 0.2) is 0 Å². The highest BCUT2D eigenvalue weighted by atomic mass is 16.2. The minimum absolute atomic E-state index is 0.0929. The number of hydrogen-bond acceptors (Lipinski definition) is 4. The summed E-state index contributed by atoms with van der Waals surface area (Å²) in [5.74, 6) is -0.221. The monoisotopic (exact) mass is 250 g/mol. The van der Waals surface area contributed by atoms with Crippen molar-refractivity contribution < 1.29 is 9.59 Å². The second-order valence-electron chi connectivity index (χ2n) is 4.53. The fourth-order valence-electron chi connectivity index (χ4n) is 2.13. The number of aryl methyl sites for hydroxylation is 1. The minimum atomic E-state index is -0.235. The molecule has 0 aromatic carbocycles. The second-order valence-corrected chi connectivity index (χ2v) is 4.53. The number of rotatable bonds is 4. The molecular formula is C12H18N4O2. The standard InChI is InChI=1S/C12H18N4O2/c1-15-11(17)4-3-10(12(15)18)13-7-5-9-6-8-14-16(9)2/h6,8,10,13H,3-5,7H2,1-2H3. The average molecular weight is 250 g/mol. The van der Waals surface area contributed by atoms with Gasteiger partial charge in [0.1, 0.15) is 0 Å². The quantitative estimate of drug-likeness (QED) is 0.745. The Labute approximate surface area is 106 Å². The maximum atomic E-state index is 11.8. The zero-order valence-electron chi connectivity index (χ0n) is 10.7. The molecule has 98 valence electrons. The Morgan fingerprint density at radius 2 is 2.22 bits per heavy atom. The summed E-state index contributed by atoms with van der Waals surface area (Å²) in [5.41, 5.74) is 1.12. The average Bonchev–Trinajstić information content (AvgIpc) is 2.75. The molecule has 0 spiro atoms. The Kier molecular flexibility index (Phi) is 3.76. The number of imide groups is 1. The van der Waals surface area contributed by atoms with Gasteiger partial charge in [0.25, 0.3) is 0 Å². The first-order chi connectivity index (χ1) is 8.59. The molecular weight excluding hydrogens is 232 g/mol. The molecule has 1 aliphatic rings. The van der Waals surface area contributed by atoms with Crippen LogP contribution < -0.4 is 5.32 Å². The van der Waals surface area contributed by atoms with Gasteiger partial charge in [-0.15, -0.1) is 0 Å². The molecule has 6 heteroatoms. The van der Waals surface area contributed by atoms with Crippen molar-refractivity contribution in [2.75, 3.05) is 13.6 Å². The van der Waals surface area contributed by atoms with E-state index in [1.807, 2.05) is 17.8 Å². The van der Waals surface area contributed by atoms with Gasteiger partial charge in [-0.3, -0.25) is 19.2 Å². The Morgan fingerprint density at radius 3 is 2.89 bits per heavy atom. The molecule has 2 amide bonds. The van der Waals surface area contributed by atoms with Gasteiger partial charge in [-0.05, 0) is 12.5 Å². The lowest BCUT2D eigenvalue weighted by Crippen LogP contribution is -2.51. The van der Waals surface area contributed by atoms with Crippen LogP contribution in [0.4, 0.5) is 0 Å². The first kappa shape index (κ1) is 12.8. The van der Waals surface area contributed by atoms with Crippen molar-refractivity contribution in [2.24, 2.45) is 7.05 Å². The number of amides is 2. The van der Waals surface area contributed by atoms with Crippen molar-refractivity contribution in [1.29, 1.82) is 0 Å². The minimum Gasteiger partial charge on any atom is -0.305 e. The zero-order valence-corrected chi connectivity index (χ0v) is 10.7. The molecule has 2 rings (SSSR count). The van der Waals surface area contributed by atoms with E-state index in [0.29, 0.717) is 19.4 Å². The number of likely N-dealkylation sites (N-methyl/N-ethyl adjacent to an activating group) is 1. The summed E-state index contributed by atoms with van der Waals surface area (Å²) in [4.78, 5) is 24.4. The lowest BCUT2D eigenvalue weighted by Gasteiger charge is -2.28. The topological polar surface area (TPSA) is 67.2 Å². The summed E-state index contributed by atoms with van der Waals surface area (Å²) in [6, 6.07) is 1.72. The molecule has 6 nitrogen and oxygen atoms in total. The fraction of sp³-hybridized carbons (Fsp3) is 0.583. The molecule has 1 unspecified atom stereocenters. The van der Waals surface area contributed by atoms with Gasteiger partial charge in [-0.2, -0.15) is 5.10 Å². The molecule has 1 saturated heterocycles. The van der Waals surface area contributed by atoms with Crippen molar-refractivity contribution in [3.8, 4) is 0 Å². The summed E-state index contributed by atoms with van der Waals surface area (Å²) in [6.07, 6.45) is 3.60. The number of carbonyl (C=O) groups is 2. The number of hydrogen-bond donors (Lipinski definition) is 1. The Morgan fingerprint density at radius 1 is 1.44 bits per heavy atom. The van der Waals surface area contributed by atoms with Crippen LogP contribution in [0.5, 0.6) is 0 Å². The van der Waals surface area contributed by atoms with Crippen molar-refractivity contribution in [3.63, 3.8) is 0 Å². The van der Waals surface area contributed by atoms with E-state index in [2.05, 4.69) is 10.4 Å². The lowest BCUT2D eigenvalue weighted by atomic mass is 10.0. The van der Waals surface area contributed by atoms with E-state index in [1.54, 1.807) is 13.2 Å². The van der Waals surface area contributed by atoms with Gasteiger partial charge >= 0.3 is 0 Å². The van der Waals surface area contributed by atoms with Gasteiger partial charge in [-0.25, -0.2) is 0 Å². The molecule has 0 bridgehead atoms. The highest BCUT2D eigenvalue weighted by Gasteiger charge is 2.30. The number of nitrogens with zero attached hydrogens (tertiary/aromatic N) is 3. The summed E-state index contributed by atoms with van der Waals surface area (Å²) in [6.45, 7) is 0.706. The van der Waals surface area contributed by atoms with Crippen LogP contribution in [0.3, 0.4) is 0 Å². The molecule has 1 aromatic heterocycles. The van der Waals surface area contributed by atoms with Crippen LogP contribution in [0.1, 0.15) is 18.5 Å². The number of nitrogens with one attached hydrogen (secondary N) is 1. The van der Waals surface area contributed by atoms with E-state index < -0.39 is 0 Å². The van der Waals surface area contributed by atoms with Crippen molar-refractivity contribution in [1.82, 2.24) is 20.0 Å². The van der Waals surface area contributed by atoms with Gasteiger partial charge < -0.3 is 5.32 Å². The fourth-order valence-corrected chi connectivity index (χ4v) is 2.13. The number of aromatic nitrogens is 2. The zero-order chi connectivity index (χ0) is 13.1. The maximum Gasteiger partial charge on any atom is 0.246 e. The maximum absolute atomic E-state index is 11.8. The van der Waals surface area contributed by atoms with Crippen LogP contribution in [0, 0.1) is 0 Å². The first-order valence-corrected chi connectivity index (χ1v) is 6.10. The van der Waals surface area contributed by atoms with E-state index in [-0.39, 0.29) is 17.9 Å². The molecule has 0 aliphatic carbocycles. The van der Waals surface area contributed by atoms with Gasteiger partial charge in [0, 0.05) is 45.4 Å². The van der Waals surface area contributed by atoms with Crippen LogP contribution in [0.15, 0.2) is 12.3 Å². The van der Waals surface area contributed by atoms with E-state index in [9.17, 15) is 9.59 Å². The van der Waals surface area contributed by atoms with Crippen LogP contribution in [0.2, 0.25) is 0 Å². The highest BCUT2D eigenvalue weighted by molar-refractivity contribution is 6.00. The highest BCUT2D eigenvalue weighted by Crippen LogP contribution is 2.11. The van der Waals surface area contributed by atoms with Gasteiger partial charge in [0.2, 0.25) is 11.8 Å². The van der Waals surface area contributed by atoms with Crippen LogP contribution in [-0.4, -0.2) is 46.1 Å². The molecule has 1 N–H and O–H groups in total. The number of carbonyl (C=O) groups excluding carboxylic acids is 2. The SMILES string of the molecule is CN1C(=O)CCC(NCCc2ccnn2C)C1=O. The molecule has 1 atom stereocenters. The number of piperidine rings is 1. The molecule has 18 heavy (non-hydrogen) atoms. The second kappa shape index (κ2) is 5.30. The van der Waals surface area contributed by atoms with E-state index in [0.717, 1.165) is 12.1 Å². The van der Waals surface area contributed by atoms with E-state index in [4.69, 9.17) is 0 Å². The van der Waals surface area contributed by atoms with E-state index >= 15 is 0 Å². The first-order valence-electron chi connectivity index (χ1n) is 6.10. The molecule has 0 saturated carbocycles. The van der Waals surface area contributed by atoms with Crippen molar-refractivity contribution in [2.45, 2.75) is 25.3 Å². The molecule has 1 fully saturated rings. The summed E-state index contributed by atoms with van der Waals surface area (Å²) >= 11 is 0. The van der Waals surface area contributed by atoms with Gasteiger partial charge in [0.05, 0.1) is 6.04 Å². The Hall–Kier alpha value is -1.69. The van der Waals surface area contributed by atoms with Gasteiger partial charge in [-0.1, -0.05) is 0 Å². The third kappa shape index (κ3) is 2.59. The predicted octanol–water partition coefficient (Wildman–Crippen LogP) is -0.300.